The zero-order chi connectivity index (χ0) is 22.2. The molecule has 3 atom stereocenters. The fourth-order valence-corrected chi connectivity index (χ4v) is 4.29. The lowest BCUT2D eigenvalue weighted by molar-refractivity contribution is 0.171. The van der Waals surface area contributed by atoms with Gasteiger partial charge in [-0.05, 0) is 40.0 Å². The Bertz CT molecular complexity index is 1040. The second kappa shape index (κ2) is 8.78. The topological polar surface area (TPSA) is 110 Å². The molecule has 0 fully saturated rings. The first kappa shape index (κ1) is 22.3. The van der Waals surface area contributed by atoms with E-state index < -0.39 is 17.4 Å². The van der Waals surface area contributed by atoms with Gasteiger partial charge in [-0.15, -0.1) is 0 Å². The quantitative estimate of drug-likeness (QED) is 0.602. The first-order valence-electron chi connectivity index (χ1n) is 10.4. The van der Waals surface area contributed by atoms with Gasteiger partial charge in [-0.25, -0.2) is 9.59 Å². The van der Waals surface area contributed by atoms with E-state index in [0.29, 0.717) is 59.0 Å². The molecule has 0 saturated carbocycles. The largest absolute Gasteiger partial charge is 0.455 e. The van der Waals surface area contributed by atoms with Crippen LogP contribution in [0, 0.1) is 13.8 Å². The molecule has 0 spiro atoms. The highest BCUT2D eigenvalue weighted by molar-refractivity contribution is 5.55. The fourth-order valence-electron chi connectivity index (χ4n) is 4.29. The normalized spacial score (nSPS) is 15.7. The van der Waals surface area contributed by atoms with Crippen LogP contribution in [0.5, 0.6) is 11.5 Å². The first-order chi connectivity index (χ1) is 14.1. The average molecular weight is 418 g/mol. The number of aliphatic hydroxyl groups is 2. The monoisotopic (exact) mass is 418 g/mol. The summed E-state index contributed by atoms with van der Waals surface area (Å²) in [6, 6.07) is 0. The van der Waals surface area contributed by atoms with Crippen LogP contribution in [-0.4, -0.2) is 22.9 Å². The first-order valence-corrected chi connectivity index (χ1v) is 10.4. The molecule has 0 saturated heterocycles. The molecular formula is C23H30O7. The fraction of sp³-hybridized carbons (Fsp3) is 0.565. The Hall–Kier alpha value is -2.38. The summed E-state index contributed by atoms with van der Waals surface area (Å²) in [7, 11) is 0. The van der Waals surface area contributed by atoms with Gasteiger partial charge in [-0.3, -0.25) is 0 Å². The van der Waals surface area contributed by atoms with Crippen LogP contribution >= 0.6 is 0 Å². The Morgan fingerprint density at radius 2 is 1.40 bits per heavy atom. The molecule has 3 heterocycles. The highest BCUT2D eigenvalue weighted by Crippen LogP contribution is 2.42. The van der Waals surface area contributed by atoms with Crippen molar-refractivity contribution in [2.45, 2.75) is 78.2 Å². The molecule has 3 rings (SSSR count). The highest BCUT2D eigenvalue weighted by Gasteiger charge is 2.32. The maximum Gasteiger partial charge on any atom is 0.343 e. The number of ether oxygens (including phenoxy) is 1. The number of rotatable bonds is 7. The molecule has 1 aliphatic rings. The lowest BCUT2D eigenvalue weighted by Gasteiger charge is -2.25. The van der Waals surface area contributed by atoms with Crippen molar-refractivity contribution in [2.24, 2.45) is 0 Å². The molecule has 7 nitrogen and oxygen atoms in total. The third kappa shape index (κ3) is 4.09. The van der Waals surface area contributed by atoms with Crippen molar-refractivity contribution < 1.29 is 23.8 Å². The zero-order valence-corrected chi connectivity index (χ0v) is 18.2. The second-order valence-electron chi connectivity index (χ2n) is 8.40. The SMILES string of the molecule is Cc1c(C(C)CCCO)oc(=O)c2c1Oc1c(C)c(C(C)C[C@@H](C)O)oc(=O)c1C2. The van der Waals surface area contributed by atoms with Crippen LogP contribution < -0.4 is 16.0 Å². The van der Waals surface area contributed by atoms with Gasteiger partial charge in [-0.1, -0.05) is 13.8 Å². The molecule has 0 radical (unpaired) electrons. The van der Waals surface area contributed by atoms with Crippen molar-refractivity contribution in [3.05, 3.63) is 54.6 Å². The Morgan fingerprint density at radius 1 is 0.900 bits per heavy atom. The maximum atomic E-state index is 12.7. The molecule has 2 unspecified atom stereocenters. The third-order valence-corrected chi connectivity index (χ3v) is 5.81. The minimum absolute atomic E-state index is 0.0521. The van der Waals surface area contributed by atoms with E-state index in [1.54, 1.807) is 6.92 Å². The summed E-state index contributed by atoms with van der Waals surface area (Å²) in [4.78, 5) is 25.3. The molecule has 0 amide bonds. The summed E-state index contributed by atoms with van der Waals surface area (Å²) in [6.07, 6.45) is 1.30. The molecule has 7 heteroatoms. The molecule has 2 aromatic rings. The van der Waals surface area contributed by atoms with Crippen LogP contribution in [0.3, 0.4) is 0 Å². The molecule has 0 aromatic carbocycles. The molecule has 1 aliphatic heterocycles. The van der Waals surface area contributed by atoms with Crippen molar-refractivity contribution in [3.63, 3.8) is 0 Å². The minimum Gasteiger partial charge on any atom is -0.455 e. The molecule has 2 N–H and O–H groups in total. The summed E-state index contributed by atoms with van der Waals surface area (Å²) in [6.45, 7) is 9.27. The van der Waals surface area contributed by atoms with Crippen molar-refractivity contribution in [3.8, 4) is 11.5 Å². The van der Waals surface area contributed by atoms with E-state index in [0.717, 1.165) is 5.56 Å². The van der Waals surface area contributed by atoms with Crippen molar-refractivity contribution >= 4 is 0 Å². The molecule has 164 valence electrons. The smallest absolute Gasteiger partial charge is 0.343 e. The summed E-state index contributed by atoms with van der Waals surface area (Å²) in [5, 5.41) is 18.8. The molecule has 2 aromatic heterocycles. The number of fused-ring (bicyclic) bond motifs is 2. The highest BCUT2D eigenvalue weighted by atomic mass is 16.5. The van der Waals surface area contributed by atoms with Gasteiger partial charge >= 0.3 is 11.3 Å². The molecule has 30 heavy (non-hydrogen) atoms. The van der Waals surface area contributed by atoms with Crippen LogP contribution in [0.25, 0.3) is 0 Å². The van der Waals surface area contributed by atoms with Gasteiger partial charge in [0.1, 0.15) is 23.0 Å². The molecular weight excluding hydrogens is 388 g/mol. The van der Waals surface area contributed by atoms with Crippen LogP contribution in [0.2, 0.25) is 0 Å². The zero-order valence-electron chi connectivity index (χ0n) is 18.2. The van der Waals surface area contributed by atoms with Crippen LogP contribution in [-0.2, 0) is 6.42 Å². The predicted molar refractivity (Wildman–Crippen MR) is 112 cm³/mol. The van der Waals surface area contributed by atoms with Gasteiger partial charge in [0.2, 0.25) is 0 Å². The summed E-state index contributed by atoms with van der Waals surface area (Å²) in [5.74, 6) is 1.67. The number of hydrogen-bond donors (Lipinski definition) is 2. The van der Waals surface area contributed by atoms with Gasteiger partial charge in [0, 0.05) is 36.0 Å². The summed E-state index contributed by atoms with van der Waals surface area (Å²) < 4.78 is 17.3. The van der Waals surface area contributed by atoms with E-state index in [1.807, 2.05) is 27.7 Å². The van der Waals surface area contributed by atoms with Crippen LogP contribution in [0.15, 0.2) is 18.4 Å². The van der Waals surface area contributed by atoms with Crippen molar-refractivity contribution in [1.29, 1.82) is 0 Å². The number of hydrogen-bond acceptors (Lipinski definition) is 7. The Balaban J connectivity index is 2.08. The van der Waals surface area contributed by atoms with E-state index in [1.165, 1.54) is 0 Å². The van der Waals surface area contributed by atoms with Gasteiger partial charge in [0.05, 0.1) is 17.2 Å². The lowest BCUT2D eigenvalue weighted by Crippen LogP contribution is -2.24. The third-order valence-electron chi connectivity index (χ3n) is 5.81. The summed E-state index contributed by atoms with van der Waals surface area (Å²) >= 11 is 0. The van der Waals surface area contributed by atoms with Gasteiger partial charge in [-0.2, -0.15) is 0 Å². The van der Waals surface area contributed by atoms with Crippen molar-refractivity contribution in [2.75, 3.05) is 6.61 Å². The Labute approximate surface area is 175 Å². The average Bonchev–Trinajstić information content (AvgIpc) is 2.70. The van der Waals surface area contributed by atoms with E-state index >= 15 is 0 Å². The minimum atomic E-state index is -0.536. The Morgan fingerprint density at radius 3 is 1.87 bits per heavy atom. The number of aliphatic hydroxyl groups excluding tert-OH is 2. The predicted octanol–water partition coefficient (Wildman–Crippen LogP) is 3.66. The summed E-state index contributed by atoms with van der Waals surface area (Å²) in [5.41, 5.74) is 0.995. The van der Waals surface area contributed by atoms with E-state index in [4.69, 9.17) is 18.7 Å². The lowest BCUT2D eigenvalue weighted by atomic mass is 9.93. The maximum absolute atomic E-state index is 12.7. The van der Waals surface area contributed by atoms with Gasteiger partial charge in [0.25, 0.3) is 0 Å². The Kier molecular flexibility index (Phi) is 6.53. The standard InChI is InChI=1S/C23H30O7/c1-11(7-6-8-24)18-14(4)20-16(22(26)29-18)10-17-21(28-20)15(5)19(30-23(17)27)12(2)9-13(3)25/h11-13,24-25H,6-10H2,1-5H3/t11?,12?,13-/m1/s1. The van der Waals surface area contributed by atoms with E-state index in [9.17, 15) is 14.7 Å². The van der Waals surface area contributed by atoms with Crippen molar-refractivity contribution in [1.82, 2.24) is 0 Å². The van der Waals surface area contributed by atoms with Crippen LogP contribution in [0.1, 0.15) is 85.6 Å². The molecule has 0 aliphatic carbocycles. The van der Waals surface area contributed by atoms with Gasteiger partial charge in [0.15, 0.2) is 0 Å². The molecule has 0 bridgehead atoms. The van der Waals surface area contributed by atoms with E-state index in [-0.39, 0.29) is 24.9 Å². The van der Waals surface area contributed by atoms with Gasteiger partial charge < -0.3 is 23.8 Å². The second-order valence-corrected chi connectivity index (χ2v) is 8.40. The van der Waals surface area contributed by atoms with E-state index in [2.05, 4.69) is 0 Å². The van der Waals surface area contributed by atoms with Crippen LogP contribution in [0.4, 0.5) is 0 Å².